The minimum absolute atomic E-state index is 0.138. The highest BCUT2D eigenvalue weighted by Crippen LogP contribution is 2.61. The van der Waals surface area contributed by atoms with Gasteiger partial charge in [-0.25, -0.2) is 8.78 Å². The molecule has 0 heterocycles. The van der Waals surface area contributed by atoms with Gasteiger partial charge < -0.3 is 16.2 Å². The van der Waals surface area contributed by atoms with Gasteiger partial charge in [0.25, 0.3) is 0 Å². The van der Waals surface area contributed by atoms with E-state index in [0.29, 0.717) is 24.8 Å². The summed E-state index contributed by atoms with van der Waals surface area (Å²) in [5.41, 5.74) is 5.56. The molecule has 2 aliphatic carbocycles. The number of amides is 1. The summed E-state index contributed by atoms with van der Waals surface area (Å²) in [4.78, 5) is 12.6. The molecule has 0 radical (unpaired) electrons. The van der Waals surface area contributed by atoms with Crippen molar-refractivity contribution in [2.75, 3.05) is 0 Å². The van der Waals surface area contributed by atoms with Crippen molar-refractivity contribution < 1.29 is 18.7 Å². The zero-order chi connectivity index (χ0) is 17.5. The summed E-state index contributed by atoms with van der Waals surface area (Å²) in [6, 6.07) is 3.70. The number of hydrogen-bond acceptors (Lipinski definition) is 3. The normalized spacial score (nSPS) is 28.8. The number of benzene rings is 1. The summed E-state index contributed by atoms with van der Waals surface area (Å²) in [7, 11) is 0. The molecular weight excluding hydrogens is 314 g/mol. The predicted octanol–water partition coefficient (Wildman–Crippen LogP) is 2.03. The van der Waals surface area contributed by atoms with Crippen molar-refractivity contribution in [2.24, 2.45) is 11.1 Å². The van der Waals surface area contributed by atoms with E-state index in [-0.39, 0.29) is 11.9 Å². The van der Waals surface area contributed by atoms with Crippen LogP contribution in [-0.4, -0.2) is 28.7 Å². The molecule has 2 aliphatic rings. The summed E-state index contributed by atoms with van der Waals surface area (Å²) in [6.45, 7) is 1.86. The number of hydrogen-bond donors (Lipinski definition) is 3. The van der Waals surface area contributed by atoms with Gasteiger partial charge in [0.05, 0.1) is 6.10 Å². The van der Waals surface area contributed by atoms with Crippen LogP contribution in [0.2, 0.25) is 0 Å². The molecule has 24 heavy (non-hydrogen) atoms. The zero-order valence-corrected chi connectivity index (χ0v) is 13.8. The molecule has 1 amide bonds. The Hall–Kier alpha value is -1.53. The molecule has 1 spiro atoms. The zero-order valence-electron chi connectivity index (χ0n) is 13.8. The van der Waals surface area contributed by atoms with Crippen molar-refractivity contribution in [1.29, 1.82) is 0 Å². The van der Waals surface area contributed by atoms with Gasteiger partial charge in [-0.2, -0.15) is 0 Å². The summed E-state index contributed by atoms with van der Waals surface area (Å²) < 4.78 is 26.1. The van der Waals surface area contributed by atoms with Crippen molar-refractivity contribution in [3.05, 3.63) is 35.4 Å². The lowest BCUT2D eigenvalue weighted by Gasteiger charge is -2.64. The van der Waals surface area contributed by atoms with Gasteiger partial charge in [0.1, 0.15) is 5.54 Å². The Morgan fingerprint density at radius 1 is 1.42 bits per heavy atom. The number of carbonyl (C=O) groups is 1. The second-order valence-corrected chi connectivity index (χ2v) is 7.36. The molecule has 3 rings (SSSR count). The van der Waals surface area contributed by atoms with Crippen LogP contribution >= 0.6 is 0 Å². The van der Waals surface area contributed by atoms with Crippen molar-refractivity contribution in [2.45, 2.75) is 63.1 Å². The van der Waals surface area contributed by atoms with E-state index < -0.39 is 28.7 Å². The van der Waals surface area contributed by atoms with E-state index >= 15 is 0 Å². The molecule has 3 atom stereocenters. The Morgan fingerprint density at radius 2 is 2.12 bits per heavy atom. The number of aliphatic hydroxyl groups excluding tert-OH is 1. The topological polar surface area (TPSA) is 75.4 Å². The van der Waals surface area contributed by atoms with Gasteiger partial charge in [-0.15, -0.1) is 0 Å². The number of halogens is 2. The predicted molar refractivity (Wildman–Crippen MR) is 86.1 cm³/mol. The average Bonchev–Trinajstić information content (AvgIpc) is 2.46. The maximum atomic E-state index is 13.2. The highest BCUT2D eigenvalue weighted by molar-refractivity contribution is 5.89. The first kappa shape index (κ1) is 17.3. The summed E-state index contributed by atoms with van der Waals surface area (Å²) in [5, 5.41) is 12.9. The van der Waals surface area contributed by atoms with Gasteiger partial charge in [-0.1, -0.05) is 12.5 Å². The number of carbonyl (C=O) groups excluding carboxylic acids is 1. The third-order valence-electron chi connectivity index (χ3n) is 5.92. The van der Waals surface area contributed by atoms with Crippen molar-refractivity contribution in [3.8, 4) is 0 Å². The highest BCUT2D eigenvalue weighted by atomic mass is 19.2. The fraction of sp³-hybridized carbons (Fsp3) is 0.611. The fourth-order valence-electron chi connectivity index (χ4n) is 4.03. The maximum Gasteiger partial charge on any atom is 0.241 e. The minimum atomic E-state index is -0.985. The number of rotatable bonds is 5. The van der Waals surface area contributed by atoms with E-state index in [1.165, 1.54) is 6.07 Å². The van der Waals surface area contributed by atoms with Gasteiger partial charge in [-0.05, 0) is 50.3 Å². The maximum absolute atomic E-state index is 13.2. The molecular formula is C18H24F2N2O2. The van der Waals surface area contributed by atoms with Gasteiger partial charge in [-0.3, -0.25) is 4.79 Å². The molecule has 0 saturated heterocycles. The van der Waals surface area contributed by atoms with Crippen LogP contribution in [0.4, 0.5) is 8.78 Å². The van der Waals surface area contributed by atoms with E-state index in [9.17, 15) is 18.7 Å². The van der Waals surface area contributed by atoms with Gasteiger partial charge in [0, 0.05) is 17.9 Å². The lowest BCUT2D eigenvalue weighted by molar-refractivity contribution is -0.193. The molecule has 2 fully saturated rings. The van der Waals surface area contributed by atoms with E-state index in [2.05, 4.69) is 5.32 Å². The third-order valence-corrected chi connectivity index (χ3v) is 5.92. The summed E-state index contributed by atoms with van der Waals surface area (Å²) in [5.74, 6) is -1.94. The van der Waals surface area contributed by atoms with Crippen LogP contribution in [0.25, 0.3) is 0 Å². The molecule has 6 heteroatoms. The summed E-state index contributed by atoms with van der Waals surface area (Å²) >= 11 is 0. The van der Waals surface area contributed by atoms with Crippen molar-refractivity contribution >= 4 is 5.91 Å². The first-order valence-electron chi connectivity index (χ1n) is 8.50. The van der Waals surface area contributed by atoms with Crippen LogP contribution in [0.3, 0.4) is 0 Å². The molecule has 0 bridgehead atoms. The van der Waals surface area contributed by atoms with Crippen LogP contribution in [-0.2, 0) is 11.2 Å². The molecule has 4 nitrogen and oxygen atoms in total. The average molecular weight is 338 g/mol. The molecule has 1 unspecified atom stereocenters. The molecule has 0 aliphatic heterocycles. The van der Waals surface area contributed by atoms with E-state index in [1.807, 2.05) is 6.92 Å². The standard InChI is InChI=1S/C18H24F2N2O2/c1-11(3-4-12-5-6-13(19)14(20)9-12)22-16(24)18(21)10-15(23)17(18)7-2-8-17/h5-6,9,11,15,23H,2-4,7-8,10,21H2,1H3,(H,22,24)/t11?,15-,18-/m0/s1. The Bertz CT molecular complexity index is 648. The van der Waals surface area contributed by atoms with Crippen molar-refractivity contribution in [1.82, 2.24) is 5.32 Å². The lowest BCUT2D eigenvalue weighted by atomic mass is 9.44. The van der Waals surface area contributed by atoms with Gasteiger partial charge in [0.2, 0.25) is 5.91 Å². The highest BCUT2D eigenvalue weighted by Gasteiger charge is 2.69. The van der Waals surface area contributed by atoms with Crippen LogP contribution < -0.4 is 11.1 Å². The van der Waals surface area contributed by atoms with Gasteiger partial charge >= 0.3 is 0 Å². The molecule has 132 valence electrons. The minimum Gasteiger partial charge on any atom is -0.392 e. The monoisotopic (exact) mass is 338 g/mol. The summed E-state index contributed by atoms with van der Waals surface area (Å²) in [6.07, 6.45) is 3.53. The number of nitrogens with two attached hydrogens (primary N) is 1. The first-order chi connectivity index (χ1) is 11.3. The van der Waals surface area contributed by atoms with E-state index in [4.69, 9.17) is 5.73 Å². The number of aliphatic hydroxyl groups is 1. The number of nitrogens with one attached hydrogen (secondary N) is 1. The van der Waals surface area contributed by atoms with E-state index in [1.54, 1.807) is 6.07 Å². The van der Waals surface area contributed by atoms with Crippen LogP contribution in [0, 0.1) is 17.0 Å². The molecule has 1 aromatic carbocycles. The Morgan fingerprint density at radius 3 is 2.67 bits per heavy atom. The number of aryl methyl sites for hydroxylation is 1. The smallest absolute Gasteiger partial charge is 0.241 e. The van der Waals surface area contributed by atoms with Crippen LogP contribution in [0.5, 0.6) is 0 Å². The third kappa shape index (κ3) is 2.62. The van der Waals surface area contributed by atoms with Crippen LogP contribution in [0.15, 0.2) is 18.2 Å². The molecule has 2 saturated carbocycles. The Labute approximate surface area is 140 Å². The molecule has 1 aromatic rings. The van der Waals surface area contributed by atoms with Crippen molar-refractivity contribution in [3.63, 3.8) is 0 Å². The Kier molecular flexibility index (Phi) is 4.38. The fourth-order valence-corrected chi connectivity index (χ4v) is 4.03. The first-order valence-corrected chi connectivity index (χ1v) is 8.50. The molecule has 4 N–H and O–H groups in total. The lowest BCUT2D eigenvalue weighted by Crippen LogP contribution is -2.79. The van der Waals surface area contributed by atoms with Gasteiger partial charge in [0.15, 0.2) is 11.6 Å². The second kappa shape index (κ2) is 6.08. The Balaban J connectivity index is 1.54. The molecule has 0 aromatic heterocycles. The van der Waals surface area contributed by atoms with E-state index in [0.717, 1.165) is 25.3 Å². The second-order valence-electron chi connectivity index (χ2n) is 7.36. The quantitative estimate of drug-likeness (QED) is 0.769. The SMILES string of the molecule is CC(CCc1ccc(F)c(F)c1)NC(=O)[C@@]1(N)C[C@H](O)C12CCC2. The largest absolute Gasteiger partial charge is 0.392 e. The van der Waals surface area contributed by atoms with Crippen LogP contribution in [0.1, 0.15) is 44.6 Å².